The van der Waals surface area contributed by atoms with Crippen molar-refractivity contribution in [2.45, 2.75) is 63.8 Å². The van der Waals surface area contributed by atoms with Crippen LogP contribution in [-0.2, 0) is 6.42 Å². The van der Waals surface area contributed by atoms with Crippen molar-refractivity contribution in [3.8, 4) is 6.07 Å². The zero-order chi connectivity index (χ0) is 22.3. The van der Waals surface area contributed by atoms with Crippen LogP contribution in [0.25, 0.3) is 0 Å². The summed E-state index contributed by atoms with van der Waals surface area (Å²) >= 11 is 0. The van der Waals surface area contributed by atoms with Gasteiger partial charge in [-0.25, -0.2) is 4.39 Å². The SMILES string of the molecule is C/C=C1/C2=C(N)\C(F)=C/CC3(CCC3)N1C=C(C#N)CC2.NCCCc1ccccn1. The van der Waals surface area contributed by atoms with E-state index in [1.165, 1.54) is 0 Å². The molecule has 0 saturated heterocycles. The van der Waals surface area contributed by atoms with E-state index < -0.39 is 0 Å². The van der Waals surface area contributed by atoms with E-state index in [4.69, 9.17) is 11.5 Å². The second-order valence-corrected chi connectivity index (χ2v) is 8.25. The second-order valence-electron chi connectivity index (χ2n) is 8.25. The van der Waals surface area contributed by atoms with E-state index in [-0.39, 0.29) is 17.1 Å². The number of nitrogens with zero attached hydrogens (tertiary/aromatic N) is 3. The van der Waals surface area contributed by atoms with Crippen LogP contribution in [0.15, 0.2) is 71.1 Å². The molecule has 1 spiro atoms. The Morgan fingerprint density at radius 3 is 2.71 bits per heavy atom. The van der Waals surface area contributed by atoms with Crippen LogP contribution in [0.2, 0.25) is 0 Å². The Morgan fingerprint density at radius 1 is 1.32 bits per heavy atom. The molecular weight excluding hydrogens is 389 g/mol. The van der Waals surface area contributed by atoms with Crippen molar-refractivity contribution in [3.05, 3.63) is 76.8 Å². The molecule has 3 heterocycles. The van der Waals surface area contributed by atoms with Crippen LogP contribution in [0.5, 0.6) is 0 Å². The molecule has 31 heavy (non-hydrogen) atoms. The number of allylic oxidation sites excluding steroid dienone is 4. The smallest absolute Gasteiger partial charge is 0.142 e. The Kier molecular flexibility index (Phi) is 7.64. The number of pyridine rings is 1. The molecule has 2 aliphatic heterocycles. The zero-order valence-corrected chi connectivity index (χ0v) is 18.3. The number of hydrogen-bond donors (Lipinski definition) is 2. The number of fused-ring (bicyclic) bond motifs is 3. The number of nitrogens with two attached hydrogens (primary N) is 2. The molecule has 0 radical (unpaired) electrons. The van der Waals surface area contributed by atoms with Gasteiger partial charge in [-0.3, -0.25) is 4.98 Å². The highest BCUT2D eigenvalue weighted by molar-refractivity contribution is 5.46. The van der Waals surface area contributed by atoms with Gasteiger partial charge in [0, 0.05) is 40.5 Å². The number of rotatable bonds is 3. The van der Waals surface area contributed by atoms with Crippen LogP contribution < -0.4 is 11.5 Å². The molecule has 0 aromatic carbocycles. The molecule has 1 aromatic rings. The third-order valence-electron chi connectivity index (χ3n) is 6.32. The number of aromatic nitrogens is 1. The summed E-state index contributed by atoms with van der Waals surface area (Å²) in [5, 5.41) is 9.32. The molecule has 0 amide bonds. The molecule has 2 bridgehead atoms. The van der Waals surface area contributed by atoms with E-state index in [1.54, 1.807) is 6.08 Å². The lowest BCUT2D eigenvalue weighted by atomic mass is 9.72. The number of halogens is 1. The van der Waals surface area contributed by atoms with Crippen LogP contribution in [0, 0.1) is 11.3 Å². The minimum absolute atomic E-state index is 0.0857. The molecular formula is C25H32FN5. The Hall–Kier alpha value is -2.91. The number of nitriles is 1. The van der Waals surface area contributed by atoms with Gasteiger partial charge in [0.2, 0.25) is 0 Å². The van der Waals surface area contributed by atoms with Crippen molar-refractivity contribution in [1.82, 2.24) is 9.88 Å². The largest absolute Gasteiger partial charge is 0.396 e. The van der Waals surface area contributed by atoms with E-state index in [1.807, 2.05) is 43.6 Å². The molecule has 0 atom stereocenters. The molecule has 0 unspecified atom stereocenters. The van der Waals surface area contributed by atoms with Crippen molar-refractivity contribution in [1.29, 1.82) is 5.26 Å². The third-order valence-corrected chi connectivity index (χ3v) is 6.32. The fourth-order valence-corrected chi connectivity index (χ4v) is 4.38. The molecule has 3 aliphatic rings. The maximum absolute atomic E-state index is 14.3. The van der Waals surface area contributed by atoms with Crippen LogP contribution in [0.1, 0.15) is 57.6 Å². The maximum atomic E-state index is 14.3. The molecule has 164 valence electrons. The highest BCUT2D eigenvalue weighted by Crippen LogP contribution is 2.48. The average molecular weight is 422 g/mol. The Bertz CT molecular complexity index is 932. The highest BCUT2D eigenvalue weighted by Gasteiger charge is 2.44. The predicted octanol–water partition coefficient (Wildman–Crippen LogP) is 4.76. The summed E-state index contributed by atoms with van der Waals surface area (Å²) < 4.78 is 14.3. The number of aryl methyl sites for hydroxylation is 1. The van der Waals surface area contributed by atoms with E-state index in [9.17, 15) is 9.65 Å². The van der Waals surface area contributed by atoms with Gasteiger partial charge in [0.1, 0.15) is 5.83 Å². The molecule has 5 nitrogen and oxygen atoms in total. The normalized spacial score (nSPS) is 25.0. The van der Waals surface area contributed by atoms with Gasteiger partial charge < -0.3 is 16.4 Å². The minimum atomic E-state index is -0.310. The van der Waals surface area contributed by atoms with Crippen molar-refractivity contribution in [3.63, 3.8) is 0 Å². The van der Waals surface area contributed by atoms with Crippen molar-refractivity contribution in [2.75, 3.05) is 6.54 Å². The predicted molar refractivity (Wildman–Crippen MR) is 122 cm³/mol. The van der Waals surface area contributed by atoms with Gasteiger partial charge in [-0.2, -0.15) is 5.26 Å². The first kappa shape index (κ1) is 22.8. The molecule has 1 saturated carbocycles. The van der Waals surface area contributed by atoms with Crippen LogP contribution >= 0.6 is 0 Å². The highest BCUT2D eigenvalue weighted by atomic mass is 19.1. The van der Waals surface area contributed by atoms with Crippen LogP contribution in [-0.4, -0.2) is 22.0 Å². The third kappa shape index (κ3) is 5.05. The topological polar surface area (TPSA) is 92.0 Å². The van der Waals surface area contributed by atoms with Gasteiger partial charge in [0.25, 0.3) is 0 Å². The first-order valence-electron chi connectivity index (χ1n) is 11.1. The van der Waals surface area contributed by atoms with E-state index in [0.717, 1.165) is 61.2 Å². The molecule has 1 aromatic heterocycles. The first-order chi connectivity index (χ1) is 15.0. The molecule has 1 fully saturated rings. The monoisotopic (exact) mass is 421 g/mol. The van der Waals surface area contributed by atoms with Crippen molar-refractivity contribution in [2.24, 2.45) is 11.5 Å². The lowest BCUT2D eigenvalue weighted by Gasteiger charge is -2.51. The van der Waals surface area contributed by atoms with Gasteiger partial charge in [-0.1, -0.05) is 12.1 Å². The Labute approximate surface area is 184 Å². The maximum Gasteiger partial charge on any atom is 0.142 e. The summed E-state index contributed by atoms with van der Waals surface area (Å²) in [6, 6.07) is 8.22. The minimum Gasteiger partial charge on any atom is -0.396 e. The summed E-state index contributed by atoms with van der Waals surface area (Å²) in [7, 11) is 0. The summed E-state index contributed by atoms with van der Waals surface area (Å²) in [5.41, 5.74) is 15.2. The quantitative estimate of drug-likeness (QED) is 0.734. The number of hydrogen-bond acceptors (Lipinski definition) is 5. The van der Waals surface area contributed by atoms with Gasteiger partial charge >= 0.3 is 0 Å². The van der Waals surface area contributed by atoms with E-state index in [2.05, 4.69) is 16.0 Å². The van der Waals surface area contributed by atoms with Crippen molar-refractivity contribution < 1.29 is 4.39 Å². The van der Waals surface area contributed by atoms with Gasteiger partial charge in [-0.05, 0) is 83.0 Å². The average Bonchev–Trinajstić information content (AvgIpc) is 2.97. The first-order valence-corrected chi connectivity index (χ1v) is 11.1. The second kappa shape index (κ2) is 10.4. The molecule has 4 N–H and O–H groups in total. The Morgan fingerprint density at radius 2 is 2.13 bits per heavy atom. The fraction of sp³-hybridized carbons (Fsp3) is 0.440. The standard InChI is InChI=1S/C17H20FN3.C8H12N2/c1-2-15-13-5-4-12(10-19)11-21(15)17(7-3-8-17)9-6-14(18)16(13)20;9-6-3-5-8-4-1-2-7-10-8/h2,6,11H,3-5,7-9,20H2,1H3;1-2,4,7H,3,5-6,9H2/b14-6+,15-2-,16-13+;. The molecule has 1 aliphatic carbocycles. The summed E-state index contributed by atoms with van der Waals surface area (Å²) in [5.74, 6) is -0.310. The lowest BCUT2D eigenvalue weighted by Crippen LogP contribution is -2.51. The summed E-state index contributed by atoms with van der Waals surface area (Å²) in [6.45, 7) is 2.70. The fourth-order valence-electron chi connectivity index (χ4n) is 4.38. The van der Waals surface area contributed by atoms with Crippen LogP contribution in [0.4, 0.5) is 4.39 Å². The molecule has 4 rings (SSSR count). The van der Waals surface area contributed by atoms with E-state index >= 15 is 0 Å². The van der Waals surface area contributed by atoms with Gasteiger partial charge in [-0.15, -0.1) is 0 Å². The molecule has 6 heteroatoms. The van der Waals surface area contributed by atoms with E-state index in [0.29, 0.717) is 19.3 Å². The van der Waals surface area contributed by atoms with Gasteiger partial charge in [0.15, 0.2) is 0 Å². The van der Waals surface area contributed by atoms with Gasteiger partial charge in [0.05, 0.1) is 11.8 Å². The summed E-state index contributed by atoms with van der Waals surface area (Å²) in [4.78, 5) is 6.36. The zero-order valence-electron chi connectivity index (χ0n) is 18.3. The van der Waals surface area contributed by atoms with Crippen molar-refractivity contribution >= 4 is 0 Å². The lowest BCUT2D eigenvalue weighted by molar-refractivity contribution is 0.0880. The summed E-state index contributed by atoms with van der Waals surface area (Å²) in [6.07, 6.45) is 14.5. The van der Waals surface area contributed by atoms with Crippen LogP contribution in [0.3, 0.4) is 0 Å². The Balaban J connectivity index is 0.000000229.